The molecule has 0 spiro atoms. The van der Waals surface area contributed by atoms with Crippen LogP contribution in [-0.4, -0.2) is 33.8 Å². The van der Waals surface area contributed by atoms with Crippen LogP contribution in [0.4, 0.5) is 17.2 Å². The summed E-state index contributed by atoms with van der Waals surface area (Å²) in [6, 6.07) is 18.6. The van der Waals surface area contributed by atoms with Crippen molar-refractivity contribution in [1.82, 2.24) is 4.98 Å². The van der Waals surface area contributed by atoms with Crippen LogP contribution in [0.3, 0.4) is 0 Å². The predicted octanol–water partition coefficient (Wildman–Crippen LogP) is 3.31. The van der Waals surface area contributed by atoms with Crippen LogP contribution in [0.15, 0.2) is 54.6 Å². The number of nitriles is 1. The Kier molecular flexibility index (Phi) is 5.43. The normalized spacial score (nSPS) is 11.0. The highest BCUT2D eigenvalue weighted by Gasteiger charge is 2.14. The SMILES string of the molecule is CN(C)c1ccc(-c2cc(-c3cccc(NS(C)(=O)=O)c3)nc(N)c2C#N)cc1. The fourth-order valence-electron chi connectivity index (χ4n) is 2.95. The summed E-state index contributed by atoms with van der Waals surface area (Å²) in [6.07, 6.45) is 1.09. The molecule has 1 aromatic heterocycles. The molecule has 0 radical (unpaired) electrons. The maximum Gasteiger partial charge on any atom is 0.229 e. The number of rotatable bonds is 5. The molecule has 8 heteroatoms. The predicted molar refractivity (Wildman–Crippen MR) is 117 cm³/mol. The molecule has 0 fully saturated rings. The zero-order valence-electron chi connectivity index (χ0n) is 16.3. The Morgan fingerprint density at radius 3 is 2.34 bits per heavy atom. The molecule has 3 rings (SSSR count). The van der Waals surface area contributed by atoms with Gasteiger partial charge in [-0.3, -0.25) is 4.72 Å². The van der Waals surface area contributed by atoms with Crippen molar-refractivity contribution in [2.75, 3.05) is 35.7 Å². The molecule has 3 N–H and O–H groups in total. The van der Waals surface area contributed by atoms with Gasteiger partial charge in [-0.05, 0) is 35.9 Å². The van der Waals surface area contributed by atoms with Gasteiger partial charge in [0, 0.05) is 36.6 Å². The number of nitrogen functional groups attached to an aromatic ring is 1. The second-order valence-corrected chi connectivity index (χ2v) is 8.57. The molecule has 0 aliphatic rings. The van der Waals surface area contributed by atoms with E-state index in [0.717, 1.165) is 17.5 Å². The molecule has 0 unspecified atom stereocenters. The van der Waals surface area contributed by atoms with Gasteiger partial charge < -0.3 is 10.6 Å². The summed E-state index contributed by atoms with van der Waals surface area (Å²) >= 11 is 0. The van der Waals surface area contributed by atoms with Crippen LogP contribution in [0, 0.1) is 11.3 Å². The molecular weight excluding hydrogens is 386 g/mol. The number of anilines is 3. The van der Waals surface area contributed by atoms with Crippen LogP contribution < -0.4 is 15.4 Å². The highest BCUT2D eigenvalue weighted by Crippen LogP contribution is 2.32. The fraction of sp³-hybridized carbons (Fsp3) is 0.143. The van der Waals surface area contributed by atoms with E-state index in [0.29, 0.717) is 28.1 Å². The van der Waals surface area contributed by atoms with Gasteiger partial charge in [0.15, 0.2) is 0 Å². The number of aromatic nitrogens is 1. The molecular formula is C21H21N5O2S. The van der Waals surface area contributed by atoms with E-state index < -0.39 is 10.0 Å². The molecule has 29 heavy (non-hydrogen) atoms. The minimum absolute atomic E-state index is 0.123. The van der Waals surface area contributed by atoms with Gasteiger partial charge in [-0.25, -0.2) is 13.4 Å². The van der Waals surface area contributed by atoms with Gasteiger partial charge in [0.05, 0.1) is 11.9 Å². The van der Waals surface area contributed by atoms with Crippen LogP contribution in [-0.2, 0) is 10.0 Å². The molecule has 0 saturated carbocycles. The summed E-state index contributed by atoms with van der Waals surface area (Å²) in [5, 5.41) is 9.58. The monoisotopic (exact) mass is 407 g/mol. The zero-order valence-corrected chi connectivity index (χ0v) is 17.2. The Balaban J connectivity index is 2.11. The average Bonchev–Trinajstić information content (AvgIpc) is 2.66. The molecule has 0 saturated heterocycles. The fourth-order valence-corrected chi connectivity index (χ4v) is 3.51. The first-order valence-corrected chi connectivity index (χ1v) is 10.6. The Bertz CT molecular complexity index is 1200. The molecule has 7 nitrogen and oxygen atoms in total. The first-order valence-electron chi connectivity index (χ1n) is 8.74. The Hall–Kier alpha value is -3.57. The van der Waals surface area contributed by atoms with Crippen LogP contribution >= 0.6 is 0 Å². The van der Waals surface area contributed by atoms with Gasteiger partial charge in [-0.15, -0.1) is 0 Å². The van der Waals surface area contributed by atoms with E-state index in [1.165, 1.54) is 0 Å². The van der Waals surface area contributed by atoms with E-state index in [2.05, 4.69) is 15.8 Å². The van der Waals surface area contributed by atoms with Gasteiger partial charge >= 0.3 is 0 Å². The largest absolute Gasteiger partial charge is 0.383 e. The molecule has 1 heterocycles. The molecule has 0 aliphatic carbocycles. The van der Waals surface area contributed by atoms with Crippen molar-refractivity contribution < 1.29 is 8.42 Å². The third-order valence-electron chi connectivity index (χ3n) is 4.32. The van der Waals surface area contributed by atoms with Gasteiger partial charge in [0.2, 0.25) is 10.0 Å². The second kappa shape index (κ2) is 7.81. The van der Waals surface area contributed by atoms with Crippen molar-refractivity contribution in [1.29, 1.82) is 5.26 Å². The first-order chi connectivity index (χ1) is 13.7. The number of nitrogens with one attached hydrogen (secondary N) is 1. The van der Waals surface area contributed by atoms with Crippen molar-refractivity contribution in [2.24, 2.45) is 0 Å². The summed E-state index contributed by atoms with van der Waals surface area (Å²) < 4.78 is 25.5. The first kappa shape index (κ1) is 20.2. The second-order valence-electron chi connectivity index (χ2n) is 6.82. The Morgan fingerprint density at radius 2 is 1.76 bits per heavy atom. The van der Waals surface area contributed by atoms with Crippen molar-refractivity contribution in [3.8, 4) is 28.5 Å². The van der Waals surface area contributed by atoms with E-state index in [1.54, 1.807) is 30.3 Å². The summed E-state index contributed by atoms with van der Waals surface area (Å²) in [6.45, 7) is 0. The zero-order chi connectivity index (χ0) is 21.2. The Labute approximate surface area is 170 Å². The molecule has 3 aromatic rings. The molecule has 0 amide bonds. The van der Waals surface area contributed by atoms with Crippen molar-refractivity contribution in [3.05, 3.63) is 60.2 Å². The van der Waals surface area contributed by atoms with E-state index in [9.17, 15) is 13.7 Å². The van der Waals surface area contributed by atoms with Crippen LogP contribution in [0.1, 0.15) is 5.56 Å². The number of nitrogens with two attached hydrogens (primary N) is 1. The summed E-state index contributed by atoms with van der Waals surface area (Å²) in [4.78, 5) is 6.34. The summed E-state index contributed by atoms with van der Waals surface area (Å²) in [5.41, 5.74) is 10.6. The smallest absolute Gasteiger partial charge is 0.229 e. The van der Waals surface area contributed by atoms with Crippen molar-refractivity contribution >= 4 is 27.2 Å². The van der Waals surface area contributed by atoms with E-state index in [-0.39, 0.29) is 5.82 Å². The molecule has 148 valence electrons. The minimum atomic E-state index is -3.40. The van der Waals surface area contributed by atoms with Crippen LogP contribution in [0.25, 0.3) is 22.4 Å². The average molecular weight is 407 g/mol. The lowest BCUT2D eigenvalue weighted by atomic mass is 9.98. The summed E-state index contributed by atoms with van der Waals surface area (Å²) in [5.74, 6) is 0.123. The van der Waals surface area contributed by atoms with Gasteiger partial charge in [-0.1, -0.05) is 24.3 Å². The topological polar surface area (TPSA) is 112 Å². The lowest BCUT2D eigenvalue weighted by Gasteiger charge is -2.14. The number of pyridine rings is 1. The number of benzene rings is 2. The third-order valence-corrected chi connectivity index (χ3v) is 4.92. The van der Waals surface area contributed by atoms with E-state index in [1.807, 2.05) is 43.3 Å². The maximum absolute atomic E-state index is 11.5. The molecule has 0 aliphatic heterocycles. The quantitative estimate of drug-likeness (QED) is 0.671. The van der Waals surface area contributed by atoms with Crippen molar-refractivity contribution in [2.45, 2.75) is 0 Å². The Morgan fingerprint density at radius 1 is 1.07 bits per heavy atom. The molecule has 0 bridgehead atoms. The number of hydrogen-bond acceptors (Lipinski definition) is 6. The van der Waals surface area contributed by atoms with Crippen LogP contribution in [0.5, 0.6) is 0 Å². The van der Waals surface area contributed by atoms with E-state index >= 15 is 0 Å². The van der Waals surface area contributed by atoms with Gasteiger partial charge in [0.1, 0.15) is 17.5 Å². The van der Waals surface area contributed by atoms with Crippen LogP contribution in [0.2, 0.25) is 0 Å². The standard InChI is InChI=1S/C21H21N5O2S/c1-26(2)17-9-7-14(8-10-17)18-12-20(24-21(23)19(18)13-22)15-5-4-6-16(11-15)25-29(3,27)28/h4-12,25H,1-3H3,(H2,23,24). The van der Waals surface area contributed by atoms with E-state index in [4.69, 9.17) is 5.73 Å². The number of nitrogens with zero attached hydrogens (tertiary/aromatic N) is 3. The highest BCUT2D eigenvalue weighted by molar-refractivity contribution is 7.92. The number of sulfonamides is 1. The minimum Gasteiger partial charge on any atom is -0.383 e. The highest BCUT2D eigenvalue weighted by atomic mass is 32.2. The molecule has 0 atom stereocenters. The third kappa shape index (κ3) is 4.65. The maximum atomic E-state index is 11.5. The molecule has 2 aromatic carbocycles. The lowest BCUT2D eigenvalue weighted by Crippen LogP contribution is -2.09. The van der Waals surface area contributed by atoms with Crippen molar-refractivity contribution in [3.63, 3.8) is 0 Å². The number of hydrogen-bond donors (Lipinski definition) is 2. The summed E-state index contributed by atoms with van der Waals surface area (Å²) in [7, 11) is 0.509. The van der Waals surface area contributed by atoms with Gasteiger partial charge in [0.25, 0.3) is 0 Å². The lowest BCUT2D eigenvalue weighted by molar-refractivity contribution is 0.607. The van der Waals surface area contributed by atoms with Gasteiger partial charge in [-0.2, -0.15) is 5.26 Å².